The van der Waals surface area contributed by atoms with Crippen LogP contribution in [0.15, 0.2) is 42.5 Å². The van der Waals surface area contributed by atoms with Crippen molar-refractivity contribution in [3.05, 3.63) is 59.4 Å². The average molecular weight is 269 g/mol. The zero-order valence-corrected chi connectivity index (χ0v) is 12.6. The van der Waals surface area contributed by atoms with E-state index in [4.69, 9.17) is 0 Å². The minimum absolute atomic E-state index is 0.828. The van der Waals surface area contributed by atoms with Crippen LogP contribution in [-0.4, -0.2) is 18.6 Å². The number of rotatable bonds is 6. The van der Waals surface area contributed by atoms with Gasteiger partial charge < -0.3 is 10.2 Å². The largest absolute Gasteiger partial charge is 0.369 e. The molecule has 0 atom stereocenters. The molecule has 106 valence electrons. The molecule has 2 aromatic rings. The SMILES string of the molecule is CCNCc1ccc(N(C)Cc2cccc(C)n2)cc1. The van der Waals surface area contributed by atoms with Gasteiger partial charge in [-0.05, 0) is 43.3 Å². The minimum atomic E-state index is 0.828. The van der Waals surface area contributed by atoms with Crippen LogP contribution < -0.4 is 10.2 Å². The summed E-state index contributed by atoms with van der Waals surface area (Å²) in [5, 5.41) is 3.34. The van der Waals surface area contributed by atoms with Crippen LogP contribution >= 0.6 is 0 Å². The first kappa shape index (κ1) is 14.5. The number of anilines is 1. The van der Waals surface area contributed by atoms with Gasteiger partial charge in [0, 0.05) is 25.0 Å². The molecule has 1 heterocycles. The number of nitrogens with zero attached hydrogens (tertiary/aromatic N) is 2. The van der Waals surface area contributed by atoms with Crippen molar-refractivity contribution >= 4 is 5.69 Å². The predicted molar refractivity (Wildman–Crippen MR) is 84.9 cm³/mol. The molecule has 2 rings (SSSR count). The number of benzene rings is 1. The van der Waals surface area contributed by atoms with Crippen LogP contribution in [0.1, 0.15) is 23.9 Å². The molecule has 0 unspecified atom stereocenters. The van der Waals surface area contributed by atoms with Gasteiger partial charge in [0.25, 0.3) is 0 Å². The van der Waals surface area contributed by atoms with Crippen molar-refractivity contribution in [1.82, 2.24) is 10.3 Å². The molecule has 0 bridgehead atoms. The average Bonchev–Trinajstić information content (AvgIpc) is 2.45. The fraction of sp³-hybridized carbons (Fsp3) is 0.353. The highest BCUT2D eigenvalue weighted by molar-refractivity contribution is 5.47. The van der Waals surface area contributed by atoms with Gasteiger partial charge in [0.05, 0.1) is 12.2 Å². The summed E-state index contributed by atoms with van der Waals surface area (Å²) in [4.78, 5) is 6.77. The van der Waals surface area contributed by atoms with Crippen molar-refractivity contribution in [2.75, 3.05) is 18.5 Å². The second-order valence-corrected chi connectivity index (χ2v) is 5.07. The first-order valence-electron chi connectivity index (χ1n) is 7.12. The van der Waals surface area contributed by atoms with Crippen molar-refractivity contribution in [2.45, 2.75) is 26.9 Å². The molecule has 0 aliphatic heterocycles. The number of nitrogens with one attached hydrogen (secondary N) is 1. The van der Waals surface area contributed by atoms with Crippen molar-refractivity contribution in [3.63, 3.8) is 0 Å². The predicted octanol–water partition coefficient (Wildman–Crippen LogP) is 3.14. The summed E-state index contributed by atoms with van der Waals surface area (Å²) in [5.41, 5.74) is 4.70. The monoisotopic (exact) mass is 269 g/mol. The van der Waals surface area contributed by atoms with Crippen LogP contribution in [0.5, 0.6) is 0 Å². The normalized spacial score (nSPS) is 10.6. The highest BCUT2D eigenvalue weighted by Crippen LogP contribution is 2.16. The number of pyridine rings is 1. The topological polar surface area (TPSA) is 28.2 Å². The summed E-state index contributed by atoms with van der Waals surface area (Å²) in [6.07, 6.45) is 0. The Morgan fingerprint density at radius 1 is 1.10 bits per heavy atom. The van der Waals surface area contributed by atoms with E-state index >= 15 is 0 Å². The summed E-state index contributed by atoms with van der Waals surface area (Å²) in [6.45, 7) is 6.91. The fourth-order valence-electron chi connectivity index (χ4n) is 2.16. The fourth-order valence-corrected chi connectivity index (χ4v) is 2.16. The van der Waals surface area contributed by atoms with Gasteiger partial charge in [0.15, 0.2) is 0 Å². The Morgan fingerprint density at radius 2 is 1.85 bits per heavy atom. The Bertz CT molecular complexity index is 534. The number of aromatic nitrogens is 1. The Hall–Kier alpha value is -1.87. The second-order valence-electron chi connectivity index (χ2n) is 5.07. The van der Waals surface area contributed by atoms with Gasteiger partial charge in [0.2, 0.25) is 0 Å². The molecule has 0 fully saturated rings. The van der Waals surface area contributed by atoms with Crippen LogP contribution in [0.4, 0.5) is 5.69 Å². The molecule has 0 saturated heterocycles. The molecular formula is C17H23N3. The lowest BCUT2D eigenvalue weighted by atomic mass is 10.2. The van der Waals surface area contributed by atoms with E-state index in [1.807, 2.05) is 13.0 Å². The molecule has 3 nitrogen and oxygen atoms in total. The lowest BCUT2D eigenvalue weighted by molar-refractivity contribution is 0.726. The molecular weight excluding hydrogens is 246 g/mol. The highest BCUT2D eigenvalue weighted by Gasteiger charge is 2.03. The lowest BCUT2D eigenvalue weighted by Gasteiger charge is -2.19. The van der Waals surface area contributed by atoms with Crippen molar-refractivity contribution in [2.24, 2.45) is 0 Å². The van der Waals surface area contributed by atoms with Crippen molar-refractivity contribution < 1.29 is 0 Å². The van der Waals surface area contributed by atoms with E-state index in [0.717, 1.165) is 31.0 Å². The molecule has 0 radical (unpaired) electrons. The first-order chi connectivity index (χ1) is 9.69. The molecule has 0 spiro atoms. The van der Waals surface area contributed by atoms with Crippen LogP contribution in [0, 0.1) is 6.92 Å². The summed E-state index contributed by atoms with van der Waals surface area (Å²) < 4.78 is 0. The minimum Gasteiger partial charge on any atom is -0.369 e. The molecule has 1 aromatic heterocycles. The Morgan fingerprint density at radius 3 is 2.50 bits per heavy atom. The molecule has 1 aromatic carbocycles. The van der Waals surface area contributed by atoms with E-state index in [-0.39, 0.29) is 0 Å². The Kier molecular flexibility index (Phi) is 5.13. The van der Waals surface area contributed by atoms with Gasteiger partial charge in [0.1, 0.15) is 0 Å². The molecule has 0 saturated carbocycles. The summed E-state index contributed by atoms with van der Waals surface area (Å²) in [6, 6.07) is 14.9. The Labute approximate surface area is 121 Å². The first-order valence-corrected chi connectivity index (χ1v) is 7.12. The molecule has 3 heteroatoms. The van der Waals surface area contributed by atoms with E-state index < -0.39 is 0 Å². The van der Waals surface area contributed by atoms with Gasteiger partial charge in [-0.2, -0.15) is 0 Å². The molecule has 1 N–H and O–H groups in total. The van der Waals surface area contributed by atoms with Crippen molar-refractivity contribution in [3.8, 4) is 0 Å². The van der Waals surface area contributed by atoms with Gasteiger partial charge in [-0.25, -0.2) is 0 Å². The highest BCUT2D eigenvalue weighted by atomic mass is 15.1. The van der Waals surface area contributed by atoms with E-state index in [9.17, 15) is 0 Å². The van der Waals surface area contributed by atoms with Gasteiger partial charge in [-0.1, -0.05) is 25.1 Å². The molecule has 20 heavy (non-hydrogen) atoms. The van der Waals surface area contributed by atoms with E-state index in [1.54, 1.807) is 0 Å². The third-order valence-corrected chi connectivity index (χ3v) is 3.30. The van der Waals surface area contributed by atoms with Crippen LogP contribution in [0.3, 0.4) is 0 Å². The number of aryl methyl sites for hydroxylation is 1. The number of hydrogen-bond acceptors (Lipinski definition) is 3. The van der Waals surface area contributed by atoms with Gasteiger partial charge in [-0.15, -0.1) is 0 Å². The van der Waals surface area contributed by atoms with E-state index in [2.05, 4.69) is 65.6 Å². The molecule has 0 aliphatic rings. The van der Waals surface area contributed by atoms with Crippen LogP contribution in [0.2, 0.25) is 0 Å². The maximum atomic E-state index is 4.55. The lowest BCUT2D eigenvalue weighted by Crippen LogP contribution is -2.17. The Balaban J connectivity index is 2.00. The maximum absolute atomic E-state index is 4.55. The third-order valence-electron chi connectivity index (χ3n) is 3.30. The maximum Gasteiger partial charge on any atom is 0.0600 e. The zero-order chi connectivity index (χ0) is 14.4. The van der Waals surface area contributed by atoms with Crippen LogP contribution in [0.25, 0.3) is 0 Å². The van der Waals surface area contributed by atoms with Gasteiger partial charge in [-0.3, -0.25) is 4.98 Å². The number of hydrogen-bond donors (Lipinski definition) is 1. The standard InChI is InChI=1S/C17H23N3/c1-4-18-12-15-8-10-17(11-9-15)20(3)13-16-7-5-6-14(2)19-16/h5-11,18H,4,12-13H2,1-3H3. The van der Waals surface area contributed by atoms with Gasteiger partial charge >= 0.3 is 0 Å². The summed E-state index contributed by atoms with van der Waals surface area (Å²) in [5.74, 6) is 0. The summed E-state index contributed by atoms with van der Waals surface area (Å²) >= 11 is 0. The summed E-state index contributed by atoms with van der Waals surface area (Å²) in [7, 11) is 2.10. The second kappa shape index (κ2) is 7.06. The smallest absolute Gasteiger partial charge is 0.0600 e. The molecule has 0 amide bonds. The molecule has 0 aliphatic carbocycles. The zero-order valence-electron chi connectivity index (χ0n) is 12.6. The third kappa shape index (κ3) is 4.07. The quantitative estimate of drug-likeness (QED) is 0.873. The van der Waals surface area contributed by atoms with E-state index in [0.29, 0.717) is 0 Å². The van der Waals surface area contributed by atoms with Crippen molar-refractivity contribution in [1.29, 1.82) is 0 Å². The van der Waals surface area contributed by atoms with Crippen LogP contribution in [-0.2, 0) is 13.1 Å². The van der Waals surface area contributed by atoms with E-state index in [1.165, 1.54) is 11.3 Å².